The highest BCUT2D eigenvalue weighted by molar-refractivity contribution is 5.94. The van der Waals surface area contributed by atoms with Crippen LogP contribution in [0.15, 0.2) is 18.3 Å². The van der Waals surface area contributed by atoms with Crippen LogP contribution in [-0.4, -0.2) is 30.1 Å². The number of ether oxygens (including phenoxy) is 1. The third-order valence-corrected chi connectivity index (χ3v) is 2.19. The summed E-state index contributed by atoms with van der Waals surface area (Å²) >= 11 is 0. The zero-order valence-electron chi connectivity index (χ0n) is 9.69. The van der Waals surface area contributed by atoms with Crippen molar-refractivity contribution in [1.29, 1.82) is 0 Å². The first kappa shape index (κ1) is 12.3. The van der Waals surface area contributed by atoms with Crippen molar-refractivity contribution in [3.63, 3.8) is 0 Å². The van der Waals surface area contributed by atoms with Crippen molar-refractivity contribution in [3.8, 4) is 0 Å². The predicted molar refractivity (Wildman–Crippen MR) is 59.2 cm³/mol. The minimum Gasteiger partial charge on any atom is -0.468 e. The first-order valence-corrected chi connectivity index (χ1v) is 5.08. The fourth-order valence-corrected chi connectivity index (χ4v) is 1.35. The van der Waals surface area contributed by atoms with E-state index in [-0.39, 0.29) is 18.5 Å². The second-order valence-electron chi connectivity index (χ2n) is 3.65. The smallest absolute Gasteiger partial charge is 0.325 e. The number of amides is 1. The number of carbonyl (C=O) groups is 2. The molecule has 16 heavy (non-hydrogen) atoms. The summed E-state index contributed by atoms with van der Waals surface area (Å²) in [5, 5.41) is 2.50. The maximum Gasteiger partial charge on any atom is 0.325 e. The normalized spacial score (nSPS) is 10.2. The van der Waals surface area contributed by atoms with Gasteiger partial charge in [-0.05, 0) is 26.0 Å². The van der Waals surface area contributed by atoms with E-state index in [1.807, 2.05) is 24.6 Å². The standard InChI is InChI=1S/C11H16N2O3/c1-8(2)13-6-4-5-9(13)11(15)12-7-10(14)16-3/h4-6,8H,7H2,1-3H3,(H,12,15). The van der Waals surface area contributed by atoms with E-state index in [1.54, 1.807) is 12.1 Å². The Bertz CT molecular complexity index is 382. The van der Waals surface area contributed by atoms with Crippen molar-refractivity contribution < 1.29 is 14.3 Å². The van der Waals surface area contributed by atoms with Gasteiger partial charge in [-0.3, -0.25) is 9.59 Å². The van der Waals surface area contributed by atoms with Crippen LogP contribution in [-0.2, 0) is 9.53 Å². The van der Waals surface area contributed by atoms with Gasteiger partial charge in [0, 0.05) is 12.2 Å². The number of hydrogen-bond acceptors (Lipinski definition) is 3. The number of rotatable bonds is 4. The topological polar surface area (TPSA) is 60.3 Å². The minimum atomic E-state index is -0.462. The van der Waals surface area contributed by atoms with Gasteiger partial charge >= 0.3 is 5.97 Å². The number of carbonyl (C=O) groups excluding carboxylic acids is 2. The first-order chi connectivity index (χ1) is 7.56. The number of esters is 1. The summed E-state index contributed by atoms with van der Waals surface area (Å²) in [4.78, 5) is 22.6. The van der Waals surface area contributed by atoms with Crippen LogP contribution in [0.25, 0.3) is 0 Å². The summed E-state index contributed by atoms with van der Waals surface area (Å²) < 4.78 is 6.28. The van der Waals surface area contributed by atoms with Crippen LogP contribution >= 0.6 is 0 Å². The zero-order chi connectivity index (χ0) is 12.1. The molecule has 0 saturated carbocycles. The molecular weight excluding hydrogens is 208 g/mol. The third-order valence-electron chi connectivity index (χ3n) is 2.19. The summed E-state index contributed by atoms with van der Waals surface area (Å²) in [6, 6.07) is 3.72. The molecule has 1 aromatic rings. The number of nitrogens with one attached hydrogen (secondary N) is 1. The van der Waals surface area contributed by atoms with Crippen LogP contribution in [0, 0.1) is 0 Å². The lowest BCUT2D eigenvalue weighted by molar-refractivity contribution is -0.139. The second kappa shape index (κ2) is 5.34. The second-order valence-corrected chi connectivity index (χ2v) is 3.65. The highest BCUT2D eigenvalue weighted by Gasteiger charge is 2.13. The number of aromatic nitrogens is 1. The van der Waals surface area contributed by atoms with E-state index >= 15 is 0 Å². The molecule has 0 radical (unpaired) electrons. The molecule has 88 valence electrons. The molecule has 0 aliphatic heterocycles. The summed E-state index contributed by atoms with van der Waals surface area (Å²) in [5.74, 6) is -0.736. The van der Waals surface area contributed by atoms with Crippen molar-refractivity contribution in [3.05, 3.63) is 24.0 Å². The van der Waals surface area contributed by atoms with Crippen molar-refractivity contribution in [1.82, 2.24) is 9.88 Å². The summed E-state index contributed by atoms with van der Waals surface area (Å²) in [5.41, 5.74) is 0.541. The highest BCUT2D eigenvalue weighted by Crippen LogP contribution is 2.10. The lowest BCUT2D eigenvalue weighted by Crippen LogP contribution is -2.31. The number of hydrogen-bond donors (Lipinski definition) is 1. The van der Waals surface area contributed by atoms with Gasteiger partial charge < -0.3 is 14.6 Å². The fourth-order valence-electron chi connectivity index (χ4n) is 1.35. The molecule has 5 nitrogen and oxygen atoms in total. The molecule has 1 amide bonds. The van der Waals surface area contributed by atoms with E-state index in [0.29, 0.717) is 5.69 Å². The molecule has 0 bridgehead atoms. The van der Waals surface area contributed by atoms with Crippen LogP contribution in [0.4, 0.5) is 0 Å². The Morgan fingerprint density at radius 1 is 1.50 bits per heavy atom. The Morgan fingerprint density at radius 2 is 2.19 bits per heavy atom. The molecule has 0 aliphatic rings. The Morgan fingerprint density at radius 3 is 2.75 bits per heavy atom. The molecule has 0 aliphatic carbocycles. The minimum absolute atomic E-state index is 0.112. The maximum absolute atomic E-state index is 11.7. The fraction of sp³-hybridized carbons (Fsp3) is 0.455. The highest BCUT2D eigenvalue weighted by atomic mass is 16.5. The number of methoxy groups -OCH3 is 1. The van der Waals surface area contributed by atoms with Gasteiger partial charge in [-0.2, -0.15) is 0 Å². The van der Waals surface area contributed by atoms with Gasteiger partial charge in [-0.15, -0.1) is 0 Å². The molecule has 0 unspecified atom stereocenters. The third kappa shape index (κ3) is 2.85. The zero-order valence-corrected chi connectivity index (χ0v) is 9.69. The monoisotopic (exact) mass is 224 g/mol. The Labute approximate surface area is 94.4 Å². The van der Waals surface area contributed by atoms with Gasteiger partial charge in [-0.25, -0.2) is 0 Å². The molecule has 1 N–H and O–H groups in total. The van der Waals surface area contributed by atoms with E-state index in [4.69, 9.17) is 0 Å². The van der Waals surface area contributed by atoms with Gasteiger partial charge in [0.25, 0.3) is 5.91 Å². The van der Waals surface area contributed by atoms with Crippen LogP contribution in [0.1, 0.15) is 30.4 Å². The Hall–Kier alpha value is -1.78. The molecule has 0 aromatic carbocycles. The maximum atomic E-state index is 11.7. The van der Waals surface area contributed by atoms with E-state index in [0.717, 1.165) is 0 Å². The van der Waals surface area contributed by atoms with E-state index in [9.17, 15) is 9.59 Å². The van der Waals surface area contributed by atoms with E-state index in [2.05, 4.69) is 10.1 Å². The van der Waals surface area contributed by atoms with Gasteiger partial charge in [0.2, 0.25) is 0 Å². The molecule has 0 spiro atoms. The molecular formula is C11H16N2O3. The van der Waals surface area contributed by atoms with Crippen LogP contribution < -0.4 is 5.32 Å². The van der Waals surface area contributed by atoms with Crippen molar-refractivity contribution in [2.75, 3.05) is 13.7 Å². The van der Waals surface area contributed by atoms with E-state index in [1.165, 1.54) is 7.11 Å². The SMILES string of the molecule is COC(=O)CNC(=O)c1cccn1C(C)C. The molecule has 0 atom stereocenters. The van der Waals surface area contributed by atoms with Crippen molar-refractivity contribution >= 4 is 11.9 Å². The number of nitrogens with zero attached hydrogens (tertiary/aromatic N) is 1. The molecule has 0 fully saturated rings. The van der Waals surface area contributed by atoms with Gasteiger partial charge in [0.15, 0.2) is 0 Å². The summed E-state index contributed by atoms with van der Waals surface area (Å²) in [6.07, 6.45) is 1.83. The van der Waals surface area contributed by atoms with Crippen LogP contribution in [0.5, 0.6) is 0 Å². The molecule has 0 saturated heterocycles. The quantitative estimate of drug-likeness (QED) is 0.775. The molecule has 1 aromatic heterocycles. The van der Waals surface area contributed by atoms with E-state index < -0.39 is 5.97 Å². The molecule has 1 rings (SSSR count). The predicted octanol–water partition coefficient (Wildman–Crippen LogP) is 0.972. The van der Waals surface area contributed by atoms with Crippen LogP contribution in [0.3, 0.4) is 0 Å². The summed E-state index contributed by atoms with van der Waals surface area (Å²) in [6.45, 7) is 3.85. The van der Waals surface area contributed by atoms with Crippen LogP contribution in [0.2, 0.25) is 0 Å². The Balaban J connectivity index is 2.66. The molecule has 1 heterocycles. The average Bonchev–Trinajstić information content (AvgIpc) is 2.74. The first-order valence-electron chi connectivity index (χ1n) is 5.08. The van der Waals surface area contributed by atoms with Gasteiger partial charge in [0.05, 0.1) is 7.11 Å². The lowest BCUT2D eigenvalue weighted by Gasteiger charge is -2.12. The van der Waals surface area contributed by atoms with Gasteiger partial charge in [0.1, 0.15) is 12.2 Å². The summed E-state index contributed by atoms with van der Waals surface area (Å²) in [7, 11) is 1.28. The largest absolute Gasteiger partial charge is 0.468 e. The average molecular weight is 224 g/mol. The Kier molecular flexibility index (Phi) is 4.10. The van der Waals surface area contributed by atoms with Crippen molar-refractivity contribution in [2.24, 2.45) is 0 Å². The lowest BCUT2D eigenvalue weighted by atomic mass is 10.3. The molecule has 5 heteroatoms. The van der Waals surface area contributed by atoms with Gasteiger partial charge in [-0.1, -0.05) is 0 Å². The van der Waals surface area contributed by atoms with Crippen molar-refractivity contribution in [2.45, 2.75) is 19.9 Å².